The molecule has 0 radical (unpaired) electrons. The van der Waals surface area contributed by atoms with Crippen LogP contribution < -0.4 is 10.3 Å². The molecule has 170 valence electrons. The first-order valence-electron chi connectivity index (χ1n) is 11.4. The molecule has 0 aliphatic carbocycles. The monoisotopic (exact) mass is 460 g/mol. The normalized spacial score (nSPS) is 15.2. The summed E-state index contributed by atoms with van der Waals surface area (Å²) in [7, 11) is 0. The van der Waals surface area contributed by atoms with Crippen LogP contribution in [0.5, 0.6) is 5.75 Å². The van der Waals surface area contributed by atoms with Gasteiger partial charge in [0.2, 0.25) is 0 Å². The number of hydrogen-bond donors (Lipinski definition) is 0. The zero-order chi connectivity index (χ0) is 22.6. The minimum atomic E-state index is -0.00996. The van der Waals surface area contributed by atoms with Gasteiger partial charge in [-0.05, 0) is 30.2 Å². The molecule has 0 atom stereocenters. The van der Waals surface area contributed by atoms with Crippen LogP contribution in [0.1, 0.15) is 18.2 Å². The number of rotatable bonds is 7. The van der Waals surface area contributed by atoms with Crippen molar-refractivity contribution in [1.29, 1.82) is 0 Å². The van der Waals surface area contributed by atoms with Crippen molar-refractivity contribution in [2.24, 2.45) is 0 Å². The summed E-state index contributed by atoms with van der Waals surface area (Å²) in [6.45, 7) is 8.30. The summed E-state index contributed by atoms with van der Waals surface area (Å²) in [6, 6.07) is 20.1. The molecule has 6 nitrogen and oxygen atoms in total. The van der Waals surface area contributed by atoms with Gasteiger partial charge in [0.25, 0.3) is 5.56 Å². The highest BCUT2D eigenvalue weighted by Crippen LogP contribution is 2.24. The second-order valence-corrected chi connectivity index (χ2v) is 9.16. The molecule has 0 amide bonds. The van der Waals surface area contributed by atoms with Crippen molar-refractivity contribution in [1.82, 2.24) is 19.2 Å². The molecular formula is C26H28N4O2S. The number of ether oxygens (including phenoxy) is 1. The average molecular weight is 461 g/mol. The van der Waals surface area contributed by atoms with E-state index in [9.17, 15) is 4.79 Å². The average Bonchev–Trinajstić information content (AvgIpc) is 3.27. The molecule has 33 heavy (non-hydrogen) atoms. The fourth-order valence-electron chi connectivity index (χ4n) is 4.31. The fraction of sp³-hybridized carbons (Fsp3) is 0.308. The topological polar surface area (TPSA) is 50.1 Å². The largest absolute Gasteiger partial charge is 0.494 e. The Hall–Kier alpha value is -3.00. The minimum absolute atomic E-state index is 0.00996. The van der Waals surface area contributed by atoms with Crippen LogP contribution in [-0.2, 0) is 13.1 Å². The van der Waals surface area contributed by atoms with Crippen LogP contribution in [0.2, 0.25) is 0 Å². The lowest BCUT2D eigenvalue weighted by atomic mass is 10.2. The van der Waals surface area contributed by atoms with Crippen LogP contribution in [0.15, 0.2) is 70.8 Å². The number of hydrogen-bond acceptors (Lipinski definition) is 6. The van der Waals surface area contributed by atoms with Gasteiger partial charge in [0.05, 0.1) is 18.0 Å². The lowest BCUT2D eigenvalue weighted by Crippen LogP contribution is -2.45. The first kappa shape index (κ1) is 21.8. The maximum Gasteiger partial charge on any atom is 0.259 e. The number of piperazine rings is 1. The second kappa shape index (κ2) is 9.87. The van der Waals surface area contributed by atoms with Gasteiger partial charge in [0.1, 0.15) is 5.75 Å². The molecule has 1 fully saturated rings. The molecule has 1 aliphatic rings. The van der Waals surface area contributed by atoms with Gasteiger partial charge in [0.15, 0.2) is 4.96 Å². The molecule has 0 bridgehead atoms. The van der Waals surface area contributed by atoms with E-state index in [1.54, 1.807) is 10.5 Å². The van der Waals surface area contributed by atoms with Crippen molar-refractivity contribution in [2.75, 3.05) is 32.8 Å². The van der Waals surface area contributed by atoms with Gasteiger partial charge in [-0.2, -0.15) is 0 Å². The van der Waals surface area contributed by atoms with E-state index in [0.29, 0.717) is 13.2 Å². The van der Waals surface area contributed by atoms with Crippen molar-refractivity contribution in [3.8, 4) is 17.0 Å². The van der Waals surface area contributed by atoms with Crippen LogP contribution in [0.3, 0.4) is 0 Å². The molecule has 0 spiro atoms. The van der Waals surface area contributed by atoms with Crippen LogP contribution >= 0.6 is 11.3 Å². The third-order valence-corrected chi connectivity index (χ3v) is 6.84. The van der Waals surface area contributed by atoms with Gasteiger partial charge >= 0.3 is 0 Å². The standard InChI is InChI=1S/C26H28N4O2S/c1-2-32-23-10-8-20(9-11-23)17-28-12-14-29(15-13-28)18-22-16-25(31)30-24(19-33-26(30)27-22)21-6-4-3-5-7-21/h3-11,16,19H,2,12-15,17-18H2,1H3. The molecule has 1 saturated heterocycles. The minimum Gasteiger partial charge on any atom is -0.494 e. The van der Waals surface area contributed by atoms with Gasteiger partial charge in [-0.1, -0.05) is 42.5 Å². The quantitative estimate of drug-likeness (QED) is 0.415. The van der Waals surface area contributed by atoms with Gasteiger partial charge in [-0.25, -0.2) is 4.98 Å². The highest BCUT2D eigenvalue weighted by atomic mass is 32.1. The Kier molecular flexibility index (Phi) is 6.53. The van der Waals surface area contributed by atoms with Crippen LogP contribution in [-0.4, -0.2) is 52.0 Å². The molecule has 0 N–H and O–H groups in total. The zero-order valence-electron chi connectivity index (χ0n) is 18.8. The van der Waals surface area contributed by atoms with E-state index in [0.717, 1.165) is 60.4 Å². The molecule has 2 aromatic heterocycles. The number of fused-ring (bicyclic) bond motifs is 1. The van der Waals surface area contributed by atoms with E-state index in [2.05, 4.69) is 21.9 Å². The summed E-state index contributed by atoms with van der Waals surface area (Å²) in [5.74, 6) is 0.924. The van der Waals surface area contributed by atoms with Gasteiger partial charge in [0, 0.05) is 50.7 Å². The lowest BCUT2D eigenvalue weighted by Gasteiger charge is -2.34. The smallest absolute Gasteiger partial charge is 0.259 e. The van der Waals surface area contributed by atoms with E-state index in [1.807, 2.05) is 54.8 Å². The Balaban J connectivity index is 1.21. The molecular weight excluding hydrogens is 432 g/mol. The zero-order valence-corrected chi connectivity index (χ0v) is 19.6. The number of nitrogens with zero attached hydrogens (tertiary/aromatic N) is 4. The van der Waals surface area contributed by atoms with Crippen molar-refractivity contribution in [2.45, 2.75) is 20.0 Å². The van der Waals surface area contributed by atoms with Crippen LogP contribution in [0, 0.1) is 0 Å². The first-order chi connectivity index (χ1) is 16.2. The Morgan fingerprint density at radius 2 is 1.64 bits per heavy atom. The van der Waals surface area contributed by atoms with Gasteiger partial charge < -0.3 is 4.74 Å². The maximum absolute atomic E-state index is 12.9. The van der Waals surface area contributed by atoms with Crippen molar-refractivity contribution < 1.29 is 4.74 Å². The highest BCUT2D eigenvalue weighted by Gasteiger charge is 2.19. The summed E-state index contributed by atoms with van der Waals surface area (Å²) < 4.78 is 7.25. The third kappa shape index (κ3) is 5.00. The summed E-state index contributed by atoms with van der Waals surface area (Å²) in [6.07, 6.45) is 0. The SMILES string of the molecule is CCOc1ccc(CN2CCN(Cc3cc(=O)n4c(-c5ccccc5)csc4n3)CC2)cc1. The van der Waals surface area contributed by atoms with E-state index < -0.39 is 0 Å². The molecule has 7 heteroatoms. The van der Waals surface area contributed by atoms with Crippen molar-refractivity contribution in [3.63, 3.8) is 0 Å². The second-order valence-electron chi connectivity index (χ2n) is 8.32. The summed E-state index contributed by atoms with van der Waals surface area (Å²) in [4.78, 5) is 23.3. The third-order valence-electron chi connectivity index (χ3n) is 6.02. The molecule has 4 aromatic rings. The van der Waals surface area contributed by atoms with Crippen LogP contribution in [0.25, 0.3) is 16.2 Å². The van der Waals surface area contributed by atoms with E-state index in [4.69, 9.17) is 9.72 Å². The lowest BCUT2D eigenvalue weighted by molar-refractivity contribution is 0.121. The molecule has 0 saturated carbocycles. The Bertz CT molecular complexity index is 1260. The number of benzene rings is 2. The molecule has 3 heterocycles. The fourth-order valence-corrected chi connectivity index (χ4v) is 5.23. The number of thiazole rings is 1. The Morgan fingerprint density at radius 3 is 2.33 bits per heavy atom. The van der Waals surface area contributed by atoms with Crippen molar-refractivity contribution in [3.05, 3.63) is 87.7 Å². The summed E-state index contributed by atoms with van der Waals surface area (Å²) in [5, 5.41) is 2.02. The van der Waals surface area contributed by atoms with Crippen LogP contribution in [0.4, 0.5) is 0 Å². The Labute approximate surface area is 197 Å². The van der Waals surface area contributed by atoms with Crippen molar-refractivity contribution >= 4 is 16.3 Å². The maximum atomic E-state index is 12.9. The predicted molar refractivity (Wildman–Crippen MR) is 133 cm³/mol. The Morgan fingerprint density at radius 1 is 0.939 bits per heavy atom. The number of aromatic nitrogens is 2. The predicted octanol–water partition coefficient (Wildman–Crippen LogP) is 4.14. The molecule has 5 rings (SSSR count). The van der Waals surface area contributed by atoms with Gasteiger partial charge in [-0.15, -0.1) is 11.3 Å². The van der Waals surface area contributed by atoms with Gasteiger partial charge in [-0.3, -0.25) is 19.0 Å². The summed E-state index contributed by atoms with van der Waals surface area (Å²) >= 11 is 1.52. The van der Waals surface area contributed by atoms with E-state index in [1.165, 1.54) is 16.9 Å². The molecule has 0 unspecified atom stereocenters. The highest BCUT2D eigenvalue weighted by molar-refractivity contribution is 7.15. The van der Waals surface area contributed by atoms with E-state index >= 15 is 0 Å². The van der Waals surface area contributed by atoms with E-state index in [-0.39, 0.29) is 5.56 Å². The molecule has 1 aliphatic heterocycles. The first-order valence-corrected chi connectivity index (χ1v) is 12.3. The molecule has 2 aromatic carbocycles. The summed E-state index contributed by atoms with van der Waals surface area (Å²) in [5.41, 5.74) is 4.08.